The normalized spacial score (nSPS) is 20.3. The molecule has 2 aromatic rings. The molecule has 0 radical (unpaired) electrons. The van der Waals surface area contributed by atoms with Crippen LogP contribution in [-0.2, 0) is 13.6 Å². The van der Waals surface area contributed by atoms with Crippen LogP contribution >= 0.6 is 0 Å². The molecule has 0 bridgehead atoms. The summed E-state index contributed by atoms with van der Waals surface area (Å²) in [6.07, 6.45) is 5.32. The molecule has 7 heteroatoms. The minimum atomic E-state index is 0.301. The van der Waals surface area contributed by atoms with E-state index in [0.29, 0.717) is 12.0 Å². The van der Waals surface area contributed by atoms with Gasteiger partial charge in [0.25, 0.3) is 0 Å². The smallest absolute Gasteiger partial charge is 0.153 e. The van der Waals surface area contributed by atoms with Gasteiger partial charge in [-0.1, -0.05) is 20.3 Å². The number of aromatic nitrogens is 6. The molecule has 0 saturated carbocycles. The first-order chi connectivity index (χ1) is 10.1. The van der Waals surface area contributed by atoms with E-state index < -0.39 is 0 Å². The van der Waals surface area contributed by atoms with Gasteiger partial charge < -0.3 is 4.57 Å². The second-order valence-electron chi connectivity index (χ2n) is 6.07. The van der Waals surface area contributed by atoms with E-state index in [2.05, 4.69) is 44.1 Å². The summed E-state index contributed by atoms with van der Waals surface area (Å²) in [4.78, 5) is 7.11. The highest BCUT2D eigenvalue weighted by molar-refractivity contribution is 5.02. The predicted molar refractivity (Wildman–Crippen MR) is 78.5 cm³/mol. The maximum absolute atomic E-state index is 4.68. The standard InChI is InChI=1S/C14H23N7/c1-10(2)13-16-14(19-18-13)11-6-4-5-7-21(11)8-12-17-15-9-20(12)3/h9-11H,4-8H2,1-3H3,(H,16,18,19)/t11-/m0/s1. The minimum Gasteiger partial charge on any atom is -0.320 e. The third kappa shape index (κ3) is 2.97. The predicted octanol–water partition coefficient (Wildman–Crippen LogP) is 1.78. The van der Waals surface area contributed by atoms with Crippen LogP contribution in [0.2, 0.25) is 0 Å². The molecule has 1 saturated heterocycles. The first kappa shape index (κ1) is 14.2. The number of aryl methyl sites for hydroxylation is 1. The summed E-state index contributed by atoms with van der Waals surface area (Å²) in [7, 11) is 1.99. The number of hydrogen-bond donors (Lipinski definition) is 1. The van der Waals surface area contributed by atoms with Crippen molar-refractivity contribution in [2.24, 2.45) is 7.05 Å². The molecule has 1 aliphatic rings. The topological polar surface area (TPSA) is 75.5 Å². The third-order valence-electron chi connectivity index (χ3n) is 4.12. The van der Waals surface area contributed by atoms with E-state index in [4.69, 9.17) is 0 Å². The third-order valence-corrected chi connectivity index (χ3v) is 4.12. The molecule has 114 valence electrons. The van der Waals surface area contributed by atoms with Crippen molar-refractivity contribution in [3.63, 3.8) is 0 Å². The summed E-state index contributed by atoms with van der Waals surface area (Å²) in [5, 5.41) is 15.6. The van der Waals surface area contributed by atoms with Gasteiger partial charge in [0, 0.05) is 13.0 Å². The lowest BCUT2D eigenvalue weighted by Gasteiger charge is -2.33. The number of nitrogens with zero attached hydrogens (tertiary/aromatic N) is 6. The molecular weight excluding hydrogens is 266 g/mol. The summed E-state index contributed by atoms with van der Waals surface area (Å²) in [6.45, 7) is 6.10. The zero-order chi connectivity index (χ0) is 14.8. The Labute approximate surface area is 124 Å². The number of aromatic amines is 1. The number of hydrogen-bond acceptors (Lipinski definition) is 5. The average Bonchev–Trinajstić information content (AvgIpc) is 3.10. The van der Waals surface area contributed by atoms with Crippen LogP contribution in [-0.4, -0.2) is 41.4 Å². The van der Waals surface area contributed by atoms with Gasteiger partial charge in [0.05, 0.1) is 12.6 Å². The van der Waals surface area contributed by atoms with Crippen LogP contribution in [0.25, 0.3) is 0 Å². The number of rotatable bonds is 4. The van der Waals surface area contributed by atoms with E-state index in [1.165, 1.54) is 12.8 Å². The Hall–Kier alpha value is -1.76. The molecule has 0 unspecified atom stereocenters. The van der Waals surface area contributed by atoms with Crippen LogP contribution in [0, 0.1) is 0 Å². The van der Waals surface area contributed by atoms with Gasteiger partial charge in [0.15, 0.2) is 5.82 Å². The SMILES string of the molecule is CC(C)c1n[nH]c([C@@H]2CCCCN2Cc2nncn2C)n1. The van der Waals surface area contributed by atoms with Gasteiger partial charge in [-0.3, -0.25) is 10.00 Å². The van der Waals surface area contributed by atoms with Gasteiger partial charge in [0.2, 0.25) is 0 Å². The molecule has 1 aliphatic heterocycles. The van der Waals surface area contributed by atoms with Gasteiger partial charge in [-0.2, -0.15) is 5.10 Å². The van der Waals surface area contributed by atoms with Crippen LogP contribution in [0.1, 0.15) is 62.5 Å². The van der Waals surface area contributed by atoms with Crippen molar-refractivity contribution in [3.8, 4) is 0 Å². The van der Waals surface area contributed by atoms with Crippen molar-refractivity contribution >= 4 is 0 Å². The average molecular weight is 289 g/mol. The summed E-state index contributed by atoms with van der Waals surface area (Å²) in [6, 6.07) is 0.301. The maximum Gasteiger partial charge on any atom is 0.153 e. The molecule has 0 amide bonds. The molecule has 0 aliphatic carbocycles. The van der Waals surface area contributed by atoms with Crippen LogP contribution in [0.15, 0.2) is 6.33 Å². The van der Waals surface area contributed by atoms with E-state index in [-0.39, 0.29) is 0 Å². The molecule has 21 heavy (non-hydrogen) atoms. The largest absolute Gasteiger partial charge is 0.320 e. The maximum atomic E-state index is 4.68. The Morgan fingerprint density at radius 1 is 1.38 bits per heavy atom. The summed E-state index contributed by atoms with van der Waals surface area (Å²) < 4.78 is 1.98. The Bertz CT molecular complexity index is 586. The molecule has 0 spiro atoms. The molecule has 7 nitrogen and oxygen atoms in total. The Morgan fingerprint density at radius 3 is 2.90 bits per heavy atom. The fourth-order valence-corrected chi connectivity index (χ4v) is 2.82. The number of H-pyrrole nitrogens is 1. The number of piperidine rings is 1. The molecular formula is C14H23N7. The minimum absolute atomic E-state index is 0.301. The summed E-state index contributed by atoms with van der Waals surface area (Å²) in [5.74, 6) is 3.23. The molecule has 3 rings (SSSR count). The summed E-state index contributed by atoms with van der Waals surface area (Å²) in [5.41, 5.74) is 0. The van der Waals surface area contributed by atoms with Crippen molar-refractivity contribution < 1.29 is 0 Å². The molecule has 2 aromatic heterocycles. The second-order valence-corrected chi connectivity index (χ2v) is 6.07. The van der Waals surface area contributed by atoms with E-state index in [0.717, 1.165) is 37.0 Å². The van der Waals surface area contributed by atoms with E-state index in [1.807, 2.05) is 11.6 Å². The molecule has 1 fully saturated rings. The lowest BCUT2D eigenvalue weighted by Crippen LogP contribution is -2.34. The van der Waals surface area contributed by atoms with E-state index in [9.17, 15) is 0 Å². The zero-order valence-electron chi connectivity index (χ0n) is 13.0. The van der Waals surface area contributed by atoms with Crippen molar-refractivity contribution in [1.29, 1.82) is 0 Å². The Morgan fingerprint density at radius 2 is 2.24 bits per heavy atom. The van der Waals surface area contributed by atoms with Gasteiger partial charge in [-0.25, -0.2) is 4.98 Å². The first-order valence-corrected chi connectivity index (χ1v) is 7.64. The Balaban J connectivity index is 1.79. The summed E-state index contributed by atoms with van der Waals surface area (Å²) >= 11 is 0. The molecule has 1 atom stereocenters. The van der Waals surface area contributed by atoms with E-state index in [1.54, 1.807) is 6.33 Å². The van der Waals surface area contributed by atoms with Crippen LogP contribution in [0.5, 0.6) is 0 Å². The van der Waals surface area contributed by atoms with Crippen LogP contribution < -0.4 is 0 Å². The highest BCUT2D eigenvalue weighted by Crippen LogP contribution is 2.30. The van der Waals surface area contributed by atoms with E-state index >= 15 is 0 Å². The number of nitrogens with one attached hydrogen (secondary N) is 1. The van der Waals surface area contributed by atoms with Crippen molar-refractivity contribution in [3.05, 3.63) is 23.8 Å². The van der Waals surface area contributed by atoms with Gasteiger partial charge in [-0.15, -0.1) is 10.2 Å². The lowest BCUT2D eigenvalue weighted by molar-refractivity contribution is 0.129. The zero-order valence-corrected chi connectivity index (χ0v) is 13.0. The molecule has 1 N–H and O–H groups in total. The van der Waals surface area contributed by atoms with Crippen LogP contribution in [0.4, 0.5) is 0 Å². The Kier molecular flexibility index (Phi) is 4.01. The fourth-order valence-electron chi connectivity index (χ4n) is 2.82. The fraction of sp³-hybridized carbons (Fsp3) is 0.714. The monoisotopic (exact) mass is 289 g/mol. The van der Waals surface area contributed by atoms with Crippen molar-refractivity contribution in [1.82, 2.24) is 34.8 Å². The van der Waals surface area contributed by atoms with Crippen molar-refractivity contribution in [2.45, 2.75) is 51.6 Å². The van der Waals surface area contributed by atoms with Crippen molar-refractivity contribution in [2.75, 3.05) is 6.54 Å². The van der Waals surface area contributed by atoms with Gasteiger partial charge >= 0.3 is 0 Å². The first-order valence-electron chi connectivity index (χ1n) is 7.64. The molecule has 0 aromatic carbocycles. The molecule has 3 heterocycles. The van der Waals surface area contributed by atoms with Gasteiger partial charge in [0.1, 0.15) is 18.0 Å². The highest BCUT2D eigenvalue weighted by Gasteiger charge is 2.28. The quantitative estimate of drug-likeness (QED) is 0.928. The van der Waals surface area contributed by atoms with Crippen LogP contribution in [0.3, 0.4) is 0 Å². The highest BCUT2D eigenvalue weighted by atomic mass is 15.3. The lowest BCUT2D eigenvalue weighted by atomic mass is 10.0. The number of likely N-dealkylation sites (tertiary alicyclic amines) is 1. The second kappa shape index (κ2) is 5.93. The van der Waals surface area contributed by atoms with Gasteiger partial charge in [-0.05, 0) is 19.4 Å².